The molecule has 1 N–H and O–H groups in total. The summed E-state index contributed by atoms with van der Waals surface area (Å²) in [5.74, 6) is 0. The third kappa shape index (κ3) is 5.91. The molecule has 120 valence electrons. The van der Waals surface area contributed by atoms with Crippen LogP contribution >= 0.6 is 0 Å². The zero-order chi connectivity index (χ0) is 16.7. The number of nitrogens with zero attached hydrogens (tertiary/aromatic N) is 2. The van der Waals surface area contributed by atoms with Gasteiger partial charge in [-0.2, -0.15) is 0 Å². The number of benzene rings is 2. The predicted octanol–water partition coefficient (Wildman–Crippen LogP) is 0.551. The lowest BCUT2D eigenvalue weighted by molar-refractivity contribution is -1.63. The highest BCUT2D eigenvalue weighted by molar-refractivity contribution is 5.68. The fourth-order valence-corrected chi connectivity index (χ4v) is 1.90. The molecule has 0 aromatic heterocycles. The van der Waals surface area contributed by atoms with Crippen LogP contribution in [0.3, 0.4) is 0 Å². The molecule has 0 amide bonds. The van der Waals surface area contributed by atoms with Crippen LogP contribution in [0.25, 0.3) is 11.1 Å². The van der Waals surface area contributed by atoms with Crippen molar-refractivity contribution < 1.29 is 24.8 Å². The van der Waals surface area contributed by atoms with Gasteiger partial charge in [0.15, 0.2) is 0 Å². The molecule has 0 spiro atoms. The molecule has 0 aliphatic heterocycles. The molecule has 0 fully saturated rings. The first-order valence-corrected chi connectivity index (χ1v) is 7.56. The Labute approximate surface area is 134 Å². The zero-order valence-corrected chi connectivity index (χ0v) is 13.9. The van der Waals surface area contributed by atoms with Crippen LogP contribution in [-0.2, 0) is 0 Å². The van der Waals surface area contributed by atoms with E-state index in [4.69, 9.17) is 14.0 Å². The zero-order valence-electron chi connectivity index (χ0n) is 13.2. The molecule has 0 radical (unpaired) electrons. The summed E-state index contributed by atoms with van der Waals surface area (Å²) in [6, 6.07) is 17.3. The maximum atomic E-state index is 8.52. The van der Waals surface area contributed by atoms with E-state index in [1.165, 1.54) is 22.5 Å². The molecular formula is C16H21ClN2O3. The molecule has 6 heteroatoms. The van der Waals surface area contributed by atoms with E-state index in [9.17, 15) is 0 Å². The molecular weight excluding hydrogens is 304 g/mol. The van der Waals surface area contributed by atoms with Crippen molar-refractivity contribution in [1.82, 2.24) is 0 Å². The van der Waals surface area contributed by atoms with Gasteiger partial charge in [0.25, 0.3) is 10.8 Å². The first-order valence-electron chi connectivity index (χ1n) is 6.61. The molecule has 22 heavy (non-hydrogen) atoms. The standard InChI is InChI=1S/C16H20N2.ClHO3/c1-17(2)15-9-5-13(6-10-15)14-7-11-16(12-8-14)18(3)4;2-1(3)4/h5-12H,1-4H3;2H. The van der Waals surface area contributed by atoms with Crippen LogP contribution in [0.1, 0.15) is 0 Å². The van der Waals surface area contributed by atoms with Crippen molar-refractivity contribution in [2.24, 2.45) is 0 Å². The van der Waals surface area contributed by atoms with Gasteiger partial charge in [0.2, 0.25) is 0 Å². The topological polar surface area (TPSA) is 72.8 Å². The molecule has 0 atom stereocenters. The van der Waals surface area contributed by atoms with E-state index in [0.717, 1.165) is 0 Å². The maximum absolute atomic E-state index is 8.52. The second-order valence-corrected chi connectivity index (χ2v) is 5.49. The number of anilines is 2. The molecule has 0 bridgehead atoms. The van der Waals surface area contributed by atoms with Crippen molar-refractivity contribution in [3.8, 4) is 11.1 Å². The SMILES string of the molecule is CN(C)c1ccc(-c2ccc(N(C)C)cc2)cc1.[O-][Cl+2]([O-])O. The van der Waals surface area contributed by atoms with Gasteiger partial charge in [-0.05, 0) is 35.4 Å². The van der Waals surface area contributed by atoms with Gasteiger partial charge in [-0.25, -0.2) is 0 Å². The van der Waals surface area contributed by atoms with Gasteiger partial charge in [-0.15, -0.1) is 0 Å². The van der Waals surface area contributed by atoms with Crippen molar-refractivity contribution in [1.29, 1.82) is 0 Å². The number of halogens is 1. The Morgan fingerprint density at radius 1 is 0.682 bits per heavy atom. The van der Waals surface area contributed by atoms with E-state index < -0.39 is 10.8 Å². The van der Waals surface area contributed by atoms with Crippen molar-refractivity contribution in [2.45, 2.75) is 0 Å². The van der Waals surface area contributed by atoms with Crippen LogP contribution in [0, 0.1) is 10.8 Å². The Bertz CT molecular complexity index is 502. The van der Waals surface area contributed by atoms with Crippen molar-refractivity contribution >= 4 is 11.4 Å². The highest BCUT2D eigenvalue weighted by Crippen LogP contribution is 2.24. The van der Waals surface area contributed by atoms with Crippen molar-refractivity contribution in [3.05, 3.63) is 48.5 Å². The molecule has 2 aromatic carbocycles. The molecule has 2 aromatic rings. The van der Waals surface area contributed by atoms with Gasteiger partial charge in [-0.1, -0.05) is 24.3 Å². The molecule has 0 saturated carbocycles. The average molecular weight is 325 g/mol. The Balaban J connectivity index is 0.000000541. The first-order chi connectivity index (χ1) is 10.3. The fourth-order valence-electron chi connectivity index (χ4n) is 1.90. The number of hydrogen-bond donors (Lipinski definition) is 1. The minimum absolute atomic E-state index is 1.23. The molecule has 0 aliphatic carbocycles. The monoisotopic (exact) mass is 324 g/mol. The van der Waals surface area contributed by atoms with E-state index in [1.807, 2.05) is 0 Å². The van der Waals surface area contributed by atoms with Gasteiger partial charge >= 0.3 is 0 Å². The predicted molar refractivity (Wildman–Crippen MR) is 82.8 cm³/mol. The summed E-state index contributed by atoms with van der Waals surface area (Å²) in [7, 11) is 5.62. The lowest BCUT2D eigenvalue weighted by Gasteiger charge is -2.14. The van der Waals surface area contributed by atoms with Crippen LogP contribution in [0.2, 0.25) is 0 Å². The van der Waals surface area contributed by atoms with Crippen molar-refractivity contribution in [2.75, 3.05) is 38.0 Å². The Kier molecular flexibility index (Phi) is 7.14. The number of rotatable bonds is 3. The summed E-state index contributed by atoms with van der Waals surface area (Å²) in [4.78, 5) is 4.22. The molecule has 0 saturated heterocycles. The molecule has 2 rings (SSSR count). The van der Waals surface area contributed by atoms with Crippen LogP contribution in [-0.4, -0.2) is 32.8 Å². The van der Waals surface area contributed by atoms with E-state index >= 15 is 0 Å². The third-order valence-electron chi connectivity index (χ3n) is 3.10. The van der Waals surface area contributed by atoms with Gasteiger partial charge < -0.3 is 19.1 Å². The van der Waals surface area contributed by atoms with Crippen LogP contribution in [0.4, 0.5) is 11.4 Å². The summed E-state index contributed by atoms with van der Waals surface area (Å²) in [5, 5.41) is 0. The lowest BCUT2D eigenvalue weighted by Crippen LogP contribution is -2.30. The summed E-state index contributed by atoms with van der Waals surface area (Å²) in [5.41, 5.74) is 4.96. The molecule has 0 heterocycles. The van der Waals surface area contributed by atoms with E-state index in [1.54, 1.807) is 0 Å². The third-order valence-corrected chi connectivity index (χ3v) is 3.10. The minimum Gasteiger partial charge on any atom is -0.378 e. The summed E-state index contributed by atoms with van der Waals surface area (Å²) in [6.07, 6.45) is 0. The normalized spacial score (nSPS) is 10.0. The van der Waals surface area contributed by atoms with Crippen LogP contribution in [0.5, 0.6) is 0 Å². The highest BCUT2D eigenvalue weighted by atomic mass is 35.6. The summed E-state index contributed by atoms with van der Waals surface area (Å²) >= 11 is 0. The van der Waals surface area contributed by atoms with E-state index in [0.29, 0.717) is 0 Å². The average Bonchev–Trinajstić information content (AvgIpc) is 2.47. The Morgan fingerprint density at radius 2 is 0.909 bits per heavy atom. The first kappa shape index (κ1) is 18.3. The largest absolute Gasteiger partial charge is 0.378 e. The Morgan fingerprint density at radius 3 is 1.09 bits per heavy atom. The van der Waals surface area contributed by atoms with Gasteiger partial charge in [0.05, 0.1) is 0 Å². The van der Waals surface area contributed by atoms with Gasteiger partial charge in [0, 0.05) is 44.2 Å². The maximum Gasteiger partial charge on any atom is 0.282 e. The van der Waals surface area contributed by atoms with Crippen LogP contribution in [0.15, 0.2) is 48.5 Å². The van der Waals surface area contributed by atoms with Gasteiger partial charge in [0.1, 0.15) is 0 Å². The second kappa shape index (κ2) is 8.60. The number of hydrogen-bond acceptors (Lipinski definition) is 5. The lowest BCUT2D eigenvalue weighted by atomic mass is 10.0. The smallest absolute Gasteiger partial charge is 0.282 e. The van der Waals surface area contributed by atoms with Crippen LogP contribution < -0.4 is 19.1 Å². The second-order valence-electron chi connectivity index (χ2n) is 5.08. The summed E-state index contributed by atoms with van der Waals surface area (Å²) < 4.78 is 24.0. The van der Waals surface area contributed by atoms with Gasteiger partial charge in [-0.3, -0.25) is 0 Å². The molecule has 0 unspecified atom stereocenters. The van der Waals surface area contributed by atoms with E-state index in [-0.39, 0.29) is 0 Å². The molecule has 0 aliphatic rings. The quantitative estimate of drug-likeness (QED) is 0.892. The minimum atomic E-state index is -2.60. The van der Waals surface area contributed by atoms with E-state index in [2.05, 4.69) is 86.5 Å². The summed E-state index contributed by atoms with van der Waals surface area (Å²) in [6.45, 7) is 0. The van der Waals surface area contributed by atoms with Crippen molar-refractivity contribution in [3.63, 3.8) is 0 Å². The Hall–Kier alpha value is -1.79. The fraction of sp³-hybridized carbons (Fsp3) is 0.250. The highest BCUT2D eigenvalue weighted by Gasteiger charge is 2.00. The molecule has 5 nitrogen and oxygen atoms in total.